The largest absolute Gasteiger partial charge is 0.326 e. The molecule has 0 amide bonds. The van der Waals surface area contributed by atoms with Crippen LogP contribution in [0.4, 0.5) is 0 Å². The smallest absolute Gasteiger partial charge is 0.134 e. The van der Waals surface area contributed by atoms with E-state index in [2.05, 4.69) is 25.1 Å². The lowest BCUT2D eigenvalue weighted by atomic mass is 9.95. The van der Waals surface area contributed by atoms with E-state index in [-0.39, 0.29) is 0 Å². The predicted molar refractivity (Wildman–Crippen MR) is 103 cm³/mol. The first-order valence-corrected chi connectivity index (χ1v) is 9.70. The van der Waals surface area contributed by atoms with Crippen LogP contribution in [0, 0.1) is 5.41 Å². The lowest BCUT2D eigenvalue weighted by Crippen LogP contribution is -2.29. The molecule has 4 rings (SSSR count). The molecule has 0 aromatic carbocycles. The van der Waals surface area contributed by atoms with Gasteiger partial charge in [-0.05, 0) is 50.3 Å². The second-order valence-corrected chi connectivity index (χ2v) is 7.51. The Morgan fingerprint density at radius 3 is 2.81 bits per heavy atom. The van der Waals surface area contributed by atoms with Gasteiger partial charge in [-0.1, -0.05) is 19.4 Å². The summed E-state index contributed by atoms with van der Waals surface area (Å²) in [6, 6.07) is 4.26. The minimum Gasteiger partial charge on any atom is -0.326 e. The molecule has 0 atom stereocenters. The van der Waals surface area contributed by atoms with Gasteiger partial charge in [0.1, 0.15) is 11.3 Å². The molecule has 0 unspecified atom stereocenters. The highest BCUT2D eigenvalue weighted by Gasteiger charge is 2.44. The van der Waals surface area contributed by atoms with Crippen molar-refractivity contribution in [1.29, 1.82) is 5.41 Å². The highest BCUT2D eigenvalue weighted by atomic mass is 15.1. The highest BCUT2D eigenvalue weighted by Crippen LogP contribution is 2.51. The third kappa shape index (κ3) is 2.90. The fraction of sp³-hybridized carbons (Fsp3) is 0.476. The van der Waals surface area contributed by atoms with Crippen LogP contribution < -0.4 is 11.2 Å². The molecule has 1 saturated carbocycles. The van der Waals surface area contributed by atoms with E-state index >= 15 is 0 Å². The third-order valence-corrected chi connectivity index (χ3v) is 5.73. The van der Waals surface area contributed by atoms with E-state index in [9.17, 15) is 0 Å². The molecule has 0 spiro atoms. The molecule has 3 N–H and O–H groups in total. The standard InChI is InChI=1S/C21H27N5/c1-2-9-21(10-11-21)17-8-7-15(14-24-17)19-16(13-22)20(23)26-12-5-3-4-6-18(26)25-19/h4,6-8,14,23H,2-3,5,9-13,22H2,1H3. The highest BCUT2D eigenvalue weighted by molar-refractivity contribution is 5.63. The van der Waals surface area contributed by atoms with Gasteiger partial charge in [-0.15, -0.1) is 0 Å². The Kier molecular flexibility index (Phi) is 4.49. The van der Waals surface area contributed by atoms with Crippen LogP contribution in [0.15, 0.2) is 24.4 Å². The monoisotopic (exact) mass is 349 g/mol. The number of hydrogen-bond acceptors (Lipinski definition) is 4. The Bertz CT molecular complexity index is 888. The molecule has 0 saturated heterocycles. The van der Waals surface area contributed by atoms with Gasteiger partial charge in [0, 0.05) is 41.5 Å². The molecule has 1 fully saturated rings. The topological polar surface area (TPSA) is 80.6 Å². The van der Waals surface area contributed by atoms with Crippen molar-refractivity contribution in [1.82, 2.24) is 14.5 Å². The van der Waals surface area contributed by atoms with Crippen molar-refractivity contribution in [2.75, 3.05) is 0 Å². The summed E-state index contributed by atoms with van der Waals surface area (Å²) in [6.45, 7) is 3.37. The van der Waals surface area contributed by atoms with Crippen molar-refractivity contribution < 1.29 is 0 Å². The number of nitrogens with one attached hydrogen (secondary N) is 1. The third-order valence-electron chi connectivity index (χ3n) is 5.73. The molecule has 1 aliphatic heterocycles. The average Bonchev–Trinajstić information content (AvgIpc) is 3.46. The van der Waals surface area contributed by atoms with E-state index < -0.39 is 0 Å². The van der Waals surface area contributed by atoms with Gasteiger partial charge in [-0.2, -0.15) is 0 Å². The van der Waals surface area contributed by atoms with Crippen molar-refractivity contribution in [2.24, 2.45) is 5.73 Å². The number of hydrogen-bond donors (Lipinski definition) is 2. The Morgan fingerprint density at radius 2 is 2.15 bits per heavy atom. The zero-order valence-electron chi connectivity index (χ0n) is 15.5. The Balaban J connectivity index is 1.77. The Labute approximate surface area is 154 Å². The predicted octanol–water partition coefficient (Wildman–Crippen LogP) is 3.52. The summed E-state index contributed by atoms with van der Waals surface area (Å²) in [5.41, 5.74) is 10.5. The van der Waals surface area contributed by atoms with E-state index in [1.165, 1.54) is 31.4 Å². The first-order valence-electron chi connectivity index (χ1n) is 9.70. The summed E-state index contributed by atoms with van der Waals surface area (Å²) < 4.78 is 1.97. The normalized spacial score (nSPS) is 17.6. The molecular formula is C21H27N5. The van der Waals surface area contributed by atoms with Gasteiger partial charge in [-0.25, -0.2) is 4.98 Å². The van der Waals surface area contributed by atoms with E-state index in [0.717, 1.165) is 42.0 Å². The molecular weight excluding hydrogens is 322 g/mol. The van der Waals surface area contributed by atoms with Crippen molar-refractivity contribution in [3.63, 3.8) is 0 Å². The maximum Gasteiger partial charge on any atom is 0.134 e. The summed E-state index contributed by atoms with van der Waals surface area (Å²) in [5, 5.41) is 8.61. The van der Waals surface area contributed by atoms with E-state index in [1.807, 2.05) is 16.8 Å². The van der Waals surface area contributed by atoms with Crippen molar-refractivity contribution in [2.45, 2.75) is 64.0 Å². The molecule has 2 aromatic heterocycles. The molecule has 0 bridgehead atoms. The maximum atomic E-state index is 8.61. The Hall–Kier alpha value is -2.27. The zero-order chi connectivity index (χ0) is 18.1. The van der Waals surface area contributed by atoms with Crippen LogP contribution in [-0.4, -0.2) is 14.5 Å². The molecule has 0 radical (unpaired) electrons. The van der Waals surface area contributed by atoms with Crippen molar-refractivity contribution in [3.8, 4) is 11.3 Å². The molecule has 5 heteroatoms. The van der Waals surface area contributed by atoms with Crippen LogP contribution in [0.2, 0.25) is 0 Å². The molecule has 136 valence electrons. The van der Waals surface area contributed by atoms with Gasteiger partial charge in [-0.3, -0.25) is 10.4 Å². The van der Waals surface area contributed by atoms with Crippen LogP contribution in [0.3, 0.4) is 0 Å². The number of rotatable bonds is 5. The molecule has 3 heterocycles. The first kappa shape index (κ1) is 17.2. The summed E-state index contributed by atoms with van der Waals surface area (Å²) >= 11 is 0. The molecule has 5 nitrogen and oxygen atoms in total. The van der Waals surface area contributed by atoms with Crippen LogP contribution in [0.5, 0.6) is 0 Å². The maximum absolute atomic E-state index is 8.61. The number of aromatic nitrogens is 3. The Morgan fingerprint density at radius 1 is 1.31 bits per heavy atom. The summed E-state index contributed by atoms with van der Waals surface area (Å²) in [4.78, 5) is 9.63. The van der Waals surface area contributed by atoms with E-state index in [1.54, 1.807) is 0 Å². The SMILES string of the molecule is CCCC1(c2ccc(-c3nc4n(c(=N)c3CN)CCCC=C4)cn2)CC1. The minimum absolute atomic E-state index is 0.310. The van der Waals surface area contributed by atoms with Crippen molar-refractivity contribution in [3.05, 3.63) is 47.0 Å². The second-order valence-electron chi connectivity index (χ2n) is 7.51. The summed E-state index contributed by atoms with van der Waals surface area (Å²) in [6.07, 6.45) is 13.0. The van der Waals surface area contributed by atoms with Gasteiger partial charge in [0.15, 0.2) is 0 Å². The van der Waals surface area contributed by atoms with Gasteiger partial charge in [0.25, 0.3) is 0 Å². The van der Waals surface area contributed by atoms with E-state index in [0.29, 0.717) is 17.4 Å². The lowest BCUT2D eigenvalue weighted by molar-refractivity contribution is 0.589. The van der Waals surface area contributed by atoms with Crippen LogP contribution in [-0.2, 0) is 18.5 Å². The number of nitrogens with two attached hydrogens (primary N) is 1. The number of pyridine rings is 1. The molecule has 26 heavy (non-hydrogen) atoms. The fourth-order valence-corrected chi connectivity index (χ4v) is 4.09. The minimum atomic E-state index is 0.310. The zero-order valence-corrected chi connectivity index (χ0v) is 15.5. The first-order chi connectivity index (χ1) is 12.7. The summed E-state index contributed by atoms with van der Waals surface area (Å²) in [7, 11) is 0. The second kappa shape index (κ2) is 6.80. The quantitative estimate of drug-likeness (QED) is 0.866. The van der Waals surface area contributed by atoms with Gasteiger partial charge < -0.3 is 10.3 Å². The van der Waals surface area contributed by atoms with Crippen LogP contribution >= 0.6 is 0 Å². The van der Waals surface area contributed by atoms with Crippen molar-refractivity contribution >= 4 is 6.08 Å². The molecule has 1 aliphatic carbocycles. The van der Waals surface area contributed by atoms with Gasteiger partial charge in [0.05, 0.1) is 5.69 Å². The van der Waals surface area contributed by atoms with E-state index in [4.69, 9.17) is 21.1 Å². The molecule has 2 aliphatic rings. The molecule has 2 aromatic rings. The fourth-order valence-electron chi connectivity index (χ4n) is 4.09. The number of nitrogens with zero attached hydrogens (tertiary/aromatic N) is 3. The average molecular weight is 349 g/mol. The number of fused-ring (bicyclic) bond motifs is 1. The van der Waals surface area contributed by atoms with Crippen LogP contribution in [0.25, 0.3) is 17.3 Å². The number of allylic oxidation sites excluding steroid dienone is 1. The van der Waals surface area contributed by atoms with Gasteiger partial charge in [0.2, 0.25) is 0 Å². The summed E-state index contributed by atoms with van der Waals surface area (Å²) in [5.74, 6) is 0.841. The van der Waals surface area contributed by atoms with Gasteiger partial charge >= 0.3 is 0 Å². The lowest BCUT2D eigenvalue weighted by Gasteiger charge is -2.17. The van der Waals surface area contributed by atoms with Crippen LogP contribution in [0.1, 0.15) is 62.5 Å².